The van der Waals surface area contributed by atoms with E-state index in [0.717, 1.165) is 34.1 Å². The van der Waals surface area contributed by atoms with Gasteiger partial charge in [0.05, 0.1) is 18.2 Å². The maximum absolute atomic E-state index is 13.5. The van der Waals surface area contributed by atoms with Crippen molar-refractivity contribution < 1.29 is 14.3 Å². The van der Waals surface area contributed by atoms with Crippen molar-refractivity contribution in [1.82, 2.24) is 14.9 Å². The second-order valence-electron chi connectivity index (χ2n) is 9.57. The Labute approximate surface area is 208 Å². The first kappa shape index (κ1) is 24.0. The van der Waals surface area contributed by atoms with Gasteiger partial charge >= 0.3 is 6.09 Å². The van der Waals surface area contributed by atoms with Gasteiger partial charge in [0.25, 0.3) is 0 Å². The molecule has 34 heavy (non-hydrogen) atoms. The minimum atomic E-state index is -0.776. The van der Waals surface area contributed by atoms with Gasteiger partial charge in [0.15, 0.2) is 0 Å². The minimum Gasteiger partial charge on any atom is -0.444 e. The molecule has 3 aromatic rings. The fourth-order valence-electron chi connectivity index (χ4n) is 4.31. The van der Waals surface area contributed by atoms with Crippen LogP contribution in [-0.4, -0.2) is 33.2 Å². The normalized spacial score (nSPS) is 16.0. The van der Waals surface area contributed by atoms with Crippen LogP contribution in [-0.2, 0) is 23.0 Å². The second kappa shape index (κ2) is 9.62. The van der Waals surface area contributed by atoms with Crippen LogP contribution in [0.4, 0.5) is 10.5 Å². The molecular weight excluding hydrogens is 496 g/mol. The molecular formula is C26H29BrN4O3. The van der Waals surface area contributed by atoms with E-state index >= 15 is 0 Å². The van der Waals surface area contributed by atoms with Crippen molar-refractivity contribution in [2.45, 2.75) is 51.2 Å². The van der Waals surface area contributed by atoms with Crippen molar-refractivity contribution in [3.8, 4) is 11.3 Å². The summed E-state index contributed by atoms with van der Waals surface area (Å²) in [6.07, 6.45) is 4.55. The van der Waals surface area contributed by atoms with Gasteiger partial charge in [-0.25, -0.2) is 9.78 Å². The molecule has 0 unspecified atom stereocenters. The van der Waals surface area contributed by atoms with Gasteiger partial charge in [-0.3, -0.25) is 4.79 Å². The van der Waals surface area contributed by atoms with Crippen molar-refractivity contribution in [3.63, 3.8) is 0 Å². The van der Waals surface area contributed by atoms with Crippen molar-refractivity contribution in [2.24, 2.45) is 7.05 Å². The van der Waals surface area contributed by atoms with Gasteiger partial charge in [-0.1, -0.05) is 34.1 Å². The zero-order valence-corrected chi connectivity index (χ0v) is 21.3. The lowest BCUT2D eigenvalue weighted by Gasteiger charge is -2.27. The molecule has 2 amide bonds. The number of nitrogens with one attached hydrogen (secondary N) is 2. The number of ether oxygens (including phenoxy) is 1. The number of alkyl carbamates (subject to hydrolysis) is 1. The lowest BCUT2D eigenvalue weighted by molar-refractivity contribution is -0.118. The summed E-state index contributed by atoms with van der Waals surface area (Å²) in [4.78, 5) is 30.2. The van der Waals surface area contributed by atoms with E-state index in [1.807, 2.05) is 48.0 Å². The van der Waals surface area contributed by atoms with Gasteiger partial charge in [0, 0.05) is 23.1 Å². The molecule has 1 heterocycles. The molecule has 0 radical (unpaired) electrons. The first-order valence-corrected chi connectivity index (χ1v) is 12.1. The van der Waals surface area contributed by atoms with Gasteiger partial charge < -0.3 is 19.9 Å². The monoisotopic (exact) mass is 524 g/mol. The largest absolute Gasteiger partial charge is 0.444 e. The first-order valence-electron chi connectivity index (χ1n) is 11.3. The summed E-state index contributed by atoms with van der Waals surface area (Å²) in [6.45, 7) is 5.40. The number of benzene rings is 2. The van der Waals surface area contributed by atoms with Crippen LogP contribution >= 0.6 is 15.9 Å². The highest BCUT2D eigenvalue weighted by molar-refractivity contribution is 9.10. The van der Waals surface area contributed by atoms with Gasteiger partial charge in [-0.15, -0.1) is 0 Å². The van der Waals surface area contributed by atoms with E-state index in [4.69, 9.17) is 4.74 Å². The first-order chi connectivity index (χ1) is 16.1. The molecule has 0 saturated carbocycles. The van der Waals surface area contributed by atoms with Crippen LogP contribution in [0.2, 0.25) is 0 Å². The number of amides is 2. The van der Waals surface area contributed by atoms with Gasteiger partial charge in [0.2, 0.25) is 5.91 Å². The minimum absolute atomic E-state index is 0.159. The zero-order chi connectivity index (χ0) is 24.5. The maximum atomic E-state index is 13.5. The molecule has 0 bridgehead atoms. The molecule has 0 fully saturated rings. The van der Waals surface area contributed by atoms with Crippen LogP contribution in [0.1, 0.15) is 44.2 Å². The number of imidazole rings is 1. The lowest BCUT2D eigenvalue weighted by atomic mass is 9.92. The number of carbonyl (C=O) groups excluding carboxylic acids is 2. The Morgan fingerprint density at radius 1 is 1.18 bits per heavy atom. The van der Waals surface area contributed by atoms with E-state index in [9.17, 15) is 9.59 Å². The Hall–Kier alpha value is -3.13. The smallest absolute Gasteiger partial charge is 0.408 e. The number of carbonyl (C=O) groups is 2. The topological polar surface area (TPSA) is 85.3 Å². The highest BCUT2D eigenvalue weighted by Gasteiger charge is 2.36. The fraction of sp³-hybridized carbons (Fsp3) is 0.346. The Morgan fingerprint density at radius 3 is 2.56 bits per heavy atom. The lowest BCUT2D eigenvalue weighted by Crippen LogP contribution is -2.48. The highest BCUT2D eigenvalue weighted by atomic mass is 79.9. The van der Waals surface area contributed by atoms with E-state index in [-0.39, 0.29) is 11.8 Å². The molecule has 2 N–H and O–H groups in total. The summed E-state index contributed by atoms with van der Waals surface area (Å²) in [7, 11) is 1.93. The van der Waals surface area contributed by atoms with Crippen molar-refractivity contribution >= 4 is 33.6 Å². The molecule has 0 saturated heterocycles. The van der Waals surface area contributed by atoms with Crippen LogP contribution < -0.4 is 10.6 Å². The Balaban J connectivity index is 1.56. The molecule has 0 spiro atoms. The summed E-state index contributed by atoms with van der Waals surface area (Å²) in [5.74, 6) is -0.439. The van der Waals surface area contributed by atoms with Crippen LogP contribution in [0.25, 0.3) is 11.3 Å². The molecule has 7 nitrogen and oxygen atoms in total. The summed E-state index contributed by atoms with van der Waals surface area (Å²) in [5, 5.41) is 5.81. The van der Waals surface area contributed by atoms with Gasteiger partial charge in [-0.05, 0) is 74.6 Å². The fourth-order valence-corrected chi connectivity index (χ4v) is 4.69. The molecule has 4 rings (SSSR count). The predicted octanol–water partition coefficient (Wildman–Crippen LogP) is 5.41. The van der Waals surface area contributed by atoms with Gasteiger partial charge in [-0.2, -0.15) is 0 Å². The van der Waals surface area contributed by atoms with E-state index in [1.54, 1.807) is 33.3 Å². The van der Waals surface area contributed by atoms with Crippen molar-refractivity contribution in [1.29, 1.82) is 0 Å². The number of nitrogens with zero attached hydrogens (tertiary/aromatic N) is 2. The molecule has 0 aliphatic heterocycles. The standard InChI is InChI=1S/C26H29BrN4O3/c1-26(2,3)34-25(33)30-23(20-12-8-16-5-9-18(27)13-21(16)20)24(32)29-19-10-6-17(7-11-19)22-14-28-15-31(22)4/h5-7,9-11,13-15,20,23H,8,12H2,1-4H3,(H,29,32)(H,30,33)/t20-,23+/m1/s1. The Morgan fingerprint density at radius 2 is 1.91 bits per heavy atom. The van der Waals surface area contributed by atoms with Crippen LogP contribution in [0.5, 0.6) is 0 Å². The number of hydrogen-bond donors (Lipinski definition) is 2. The van der Waals surface area contributed by atoms with E-state index in [0.29, 0.717) is 5.69 Å². The van der Waals surface area contributed by atoms with Crippen LogP contribution in [0.15, 0.2) is 59.5 Å². The van der Waals surface area contributed by atoms with Crippen LogP contribution in [0.3, 0.4) is 0 Å². The molecule has 2 aromatic carbocycles. The average Bonchev–Trinajstić information content (AvgIpc) is 3.37. The summed E-state index contributed by atoms with van der Waals surface area (Å²) < 4.78 is 8.34. The highest BCUT2D eigenvalue weighted by Crippen LogP contribution is 2.37. The summed E-state index contributed by atoms with van der Waals surface area (Å²) in [6, 6.07) is 12.9. The Bertz CT molecular complexity index is 1200. The quantitative estimate of drug-likeness (QED) is 0.467. The van der Waals surface area contributed by atoms with E-state index in [1.165, 1.54) is 5.56 Å². The number of rotatable bonds is 5. The number of halogens is 1. The third kappa shape index (κ3) is 5.50. The molecule has 1 aliphatic rings. The Kier molecular flexibility index (Phi) is 6.79. The molecule has 8 heteroatoms. The zero-order valence-electron chi connectivity index (χ0n) is 19.8. The molecule has 1 aromatic heterocycles. The third-order valence-corrected chi connectivity index (χ3v) is 6.35. The predicted molar refractivity (Wildman–Crippen MR) is 136 cm³/mol. The molecule has 178 valence electrons. The van der Waals surface area contributed by atoms with Crippen molar-refractivity contribution in [2.75, 3.05) is 5.32 Å². The van der Waals surface area contributed by atoms with E-state index in [2.05, 4.69) is 37.6 Å². The van der Waals surface area contributed by atoms with E-state index < -0.39 is 17.7 Å². The third-order valence-electron chi connectivity index (χ3n) is 5.85. The summed E-state index contributed by atoms with van der Waals surface area (Å²) >= 11 is 3.53. The number of hydrogen-bond acceptors (Lipinski definition) is 4. The average molecular weight is 525 g/mol. The number of aromatic nitrogens is 2. The molecule has 1 aliphatic carbocycles. The number of aryl methyl sites for hydroxylation is 2. The maximum Gasteiger partial charge on any atom is 0.408 e. The van der Waals surface area contributed by atoms with Gasteiger partial charge in [0.1, 0.15) is 11.6 Å². The summed E-state index contributed by atoms with van der Waals surface area (Å²) in [5.41, 5.74) is 4.23. The number of anilines is 1. The number of fused-ring (bicyclic) bond motifs is 1. The SMILES string of the molecule is Cn1cncc1-c1ccc(NC(=O)[C@@H](NC(=O)OC(C)(C)C)[C@@H]2CCc3ccc(Br)cc32)cc1. The molecule has 2 atom stereocenters. The van der Waals surface area contributed by atoms with Crippen molar-refractivity contribution in [3.05, 3.63) is 70.6 Å². The second-order valence-corrected chi connectivity index (χ2v) is 10.5. The van der Waals surface area contributed by atoms with Crippen LogP contribution in [0, 0.1) is 0 Å².